The third-order valence-corrected chi connectivity index (χ3v) is 2.97. The summed E-state index contributed by atoms with van der Waals surface area (Å²) < 4.78 is 5.71. The van der Waals surface area contributed by atoms with E-state index in [0.29, 0.717) is 0 Å². The van der Waals surface area contributed by atoms with Crippen LogP contribution in [-0.2, 0) is 11.2 Å². The molecule has 18 heavy (non-hydrogen) atoms. The largest absolute Gasteiger partial charge is 0.379 e. The maximum Gasteiger partial charge on any atom is 0.0661 e. The van der Waals surface area contributed by atoms with Crippen molar-refractivity contribution in [2.24, 2.45) is 0 Å². The number of nitrogens with zero attached hydrogens (tertiary/aromatic N) is 1. The minimum atomic E-state index is 0.287. The molecular weight excluding hydrogens is 224 g/mol. The highest BCUT2D eigenvalue weighted by Crippen LogP contribution is 2.18. The van der Waals surface area contributed by atoms with Crippen LogP contribution in [0.3, 0.4) is 0 Å². The van der Waals surface area contributed by atoms with Gasteiger partial charge in [0.1, 0.15) is 0 Å². The van der Waals surface area contributed by atoms with E-state index in [0.717, 1.165) is 39.0 Å². The fourth-order valence-corrected chi connectivity index (χ4v) is 2.00. The van der Waals surface area contributed by atoms with E-state index in [-0.39, 0.29) is 6.04 Å². The number of nitrogens with one attached hydrogen (secondary N) is 1. The van der Waals surface area contributed by atoms with Crippen molar-refractivity contribution in [1.82, 2.24) is 10.3 Å². The van der Waals surface area contributed by atoms with E-state index in [2.05, 4.69) is 37.1 Å². The molecular formula is C15H26N2O. The zero-order chi connectivity index (χ0) is 13.2. The van der Waals surface area contributed by atoms with Crippen molar-refractivity contribution in [2.75, 3.05) is 19.8 Å². The zero-order valence-corrected chi connectivity index (χ0v) is 11.9. The first kappa shape index (κ1) is 15.1. The maximum absolute atomic E-state index is 5.71. The molecule has 1 heterocycles. The number of aromatic nitrogens is 1. The van der Waals surface area contributed by atoms with Gasteiger partial charge in [0.05, 0.1) is 12.6 Å². The molecule has 0 aliphatic rings. The molecule has 0 bridgehead atoms. The van der Waals surface area contributed by atoms with E-state index in [9.17, 15) is 0 Å². The highest BCUT2D eigenvalue weighted by Gasteiger charge is 2.14. The third kappa shape index (κ3) is 4.75. The first-order valence-corrected chi connectivity index (χ1v) is 7.07. The summed E-state index contributed by atoms with van der Waals surface area (Å²) in [4.78, 5) is 4.21. The first-order valence-electron chi connectivity index (χ1n) is 7.07. The van der Waals surface area contributed by atoms with Crippen LogP contribution in [0, 0.1) is 0 Å². The van der Waals surface area contributed by atoms with Crippen LogP contribution in [-0.4, -0.2) is 24.7 Å². The van der Waals surface area contributed by atoms with Gasteiger partial charge in [-0.3, -0.25) is 4.98 Å². The molecule has 1 rings (SSSR count). The SMILES string of the molecule is CCCNC(COCCC)c1ccncc1CC. The molecule has 1 aromatic heterocycles. The van der Waals surface area contributed by atoms with Crippen molar-refractivity contribution in [3.63, 3.8) is 0 Å². The first-order chi connectivity index (χ1) is 8.83. The Balaban J connectivity index is 2.72. The number of rotatable bonds is 9. The Labute approximate surface area is 111 Å². The summed E-state index contributed by atoms with van der Waals surface area (Å²) in [5, 5.41) is 3.57. The zero-order valence-electron chi connectivity index (χ0n) is 11.9. The molecule has 0 aliphatic heterocycles. The van der Waals surface area contributed by atoms with Gasteiger partial charge in [0.2, 0.25) is 0 Å². The van der Waals surface area contributed by atoms with Gasteiger partial charge < -0.3 is 10.1 Å². The average molecular weight is 250 g/mol. The summed E-state index contributed by atoms with van der Waals surface area (Å²) in [6, 6.07) is 2.40. The Bertz CT molecular complexity index is 328. The monoisotopic (exact) mass is 250 g/mol. The van der Waals surface area contributed by atoms with Crippen LogP contribution in [0.5, 0.6) is 0 Å². The summed E-state index contributed by atoms with van der Waals surface area (Å²) in [5.74, 6) is 0. The molecule has 3 nitrogen and oxygen atoms in total. The van der Waals surface area contributed by atoms with Gasteiger partial charge in [-0.25, -0.2) is 0 Å². The molecule has 3 heteroatoms. The second-order valence-electron chi connectivity index (χ2n) is 4.51. The number of pyridine rings is 1. The molecule has 1 unspecified atom stereocenters. The number of hydrogen-bond donors (Lipinski definition) is 1. The fraction of sp³-hybridized carbons (Fsp3) is 0.667. The molecule has 0 saturated heterocycles. The van der Waals surface area contributed by atoms with Crippen molar-refractivity contribution in [2.45, 2.75) is 46.1 Å². The second-order valence-corrected chi connectivity index (χ2v) is 4.51. The summed E-state index contributed by atoms with van der Waals surface area (Å²) in [5.41, 5.74) is 2.64. The van der Waals surface area contributed by atoms with E-state index in [1.807, 2.05) is 12.4 Å². The smallest absolute Gasteiger partial charge is 0.0661 e. The standard InChI is InChI=1S/C15H26N2O/c1-4-8-17-15(12-18-10-5-2)14-7-9-16-11-13(14)6-3/h7,9,11,15,17H,4-6,8,10,12H2,1-3H3. The van der Waals surface area contributed by atoms with E-state index in [1.54, 1.807) is 0 Å². The van der Waals surface area contributed by atoms with Crippen molar-refractivity contribution < 1.29 is 4.74 Å². The van der Waals surface area contributed by atoms with Gasteiger partial charge in [0.25, 0.3) is 0 Å². The van der Waals surface area contributed by atoms with Gasteiger partial charge in [-0.15, -0.1) is 0 Å². The van der Waals surface area contributed by atoms with Crippen molar-refractivity contribution in [3.8, 4) is 0 Å². The molecule has 0 radical (unpaired) electrons. The summed E-state index contributed by atoms with van der Waals surface area (Å²) >= 11 is 0. The molecule has 0 spiro atoms. The predicted molar refractivity (Wildman–Crippen MR) is 75.8 cm³/mol. The number of aryl methyl sites for hydroxylation is 1. The Morgan fingerprint density at radius 1 is 1.28 bits per heavy atom. The molecule has 1 N–H and O–H groups in total. The Kier molecular flexibility index (Phi) is 7.62. The minimum absolute atomic E-state index is 0.287. The maximum atomic E-state index is 5.71. The van der Waals surface area contributed by atoms with Gasteiger partial charge in [0, 0.05) is 19.0 Å². The molecule has 102 valence electrons. The van der Waals surface area contributed by atoms with Gasteiger partial charge >= 0.3 is 0 Å². The normalized spacial score (nSPS) is 12.6. The molecule has 0 aromatic carbocycles. The molecule has 0 aliphatic carbocycles. The highest BCUT2D eigenvalue weighted by atomic mass is 16.5. The average Bonchev–Trinajstić information content (AvgIpc) is 2.42. The van der Waals surface area contributed by atoms with Crippen molar-refractivity contribution >= 4 is 0 Å². The van der Waals surface area contributed by atoms with Gasteiger partial charge in [-0.1, -0.05) is 20.8 Å². The molecule has 0 fully saturated rings. The van der Waals surface area contributed by atoms with Crippen LogP contribution >= 0.6 is 0 Å². The second kappa shape index (κ2) is 9.06. The molecule has 0 amide bonds. The Hall–Kier alpha value is -0.930. The van der Waals surface area contributed by atoms with Crippen LogP contribution in [0.15, 0.2) is 18.5 Å². The lowest BCUT2D eigenvalue weighted by Gasteiger charge is -2.21. The lowest BCUT2D eigenvalue weighted by Crippen LogP contribution is -2.27. The minimum Gasteiger partial charge on any atom is -0.379 e. The van der Waals surface area contributed by atoms with E-state index < -0.39 is 0 Å². The van der Waals surface area contributed by atoms with Crippen LogP contribution in [0.25, 0.3) is 0 Å². The third-order valence-electron chi connectivity index (χ3n) is 2.97. The highest BCUT2D eigenvalue weighted by molar-refractivity contribution is 5.26. The van der Waals surface area contributed by atoms with E-state index in [1.165, 1.54) is 11.1 Å². The topological polar surface area (TPSA) is 34.1 Å². The van der Waals surface area contributed by atoms with Gasteiger partial charge in [-0.2, -0.15) is 0 Å². The van der Waals surface area contributed by atoms with Gasteiger partial charge in [-0.05, 0) is 43.0 Å². The fourth-order valence-electron chi connectivity index (χ4n) is 2.00. The lowest BCUT2D eigenvalue weighted by molar-refractivity contribution is 0.111. The molecule has 1 aromatic rings. The van der Waals surface area contributed by atoms with E-state index >= 15 is 0 Å². The number of hydrogen-bond acceptors (Lipinski definition) is 3. The van der Waals surface area contributed by atoms with Crippen molar-refractivity contribution in [3.05, 3.63) is 29.6 Å². The molecule has 0 saturated carbocycles. The summed E-state index contributed by atoms with van der Waals surface area (Å²) in [6.07, 6.45) is 7.06. The van der Waals surface area contributed by atoms with Crippen molar-refractivity contribution in [1.29, 1.82) is 0 Å². The van der Waals surface area contributed by atoms with Gasteiger partial charge in [0.15, 0.2) is 0 Å². The van der Waals surface area contributed by atoms with E-state index in [4.69, 9.17) is 4.74 Å². The molecule has 1 atom stereocenters. The Morgan fingerprint density at radius 3 is 2.78 bits per heavy atom. The summed E-state index contributed by atoms with van der Waals surface area (Å²) in [6.45, 7) is 9.08. The summed E-state index contributed by atoms with van der Waals surface area (Å²) in [7, 11) is 0. The predicted octanol–water partition coefficient (Wildman–Crippen LogP) is 3.11. The number of ether oxygens (including phenoxy) is 1. The van der Waals surface area contributed by atoms with Crippen LogP contribution in [0.1, 0.15) is 50.8 Å². The van der Waals surface area contributed by atoms with Crippen LogP contribution < -0.4 is 5.32 Å². The lowest BCUT2D eigenvalue weighted by atomic mass is 10.0. The van der Waals surface area contributed by atoms with Crippen LogP contribution in [0.2, 0.25) is 0 Å². The van der Waals surface area contributed by atoms with Crippen LogP contribution in [0.4, 0.5) is 0 Å². The Morgan fingerprint density at radius 2 is 2.11 bits per heavy atom. The quantitative estimate of drug-likeness (QED) is 0.684.